The summed E-state index contributed by atoms with van der Waals surface area (Å²) in [4.78, 5) is 7.24. The third-order valence-corrected chi connectivity index (χ3v) is 5.94. The highest BCUT2D eigenvalue weighted by Gasteiger charge is 2.25. The van der Waals surface area contributed by atoms with Crippen LogP contribution in [0.2, 0.25) is 0 Å². The minimum atomic E-state index is -3.64. The number of likely N-dealkylation sites (tertiary alicyclic amines) is 1. The quantitative estimate of drug-likeness (QED) is 0.575. The van der Waals surface area contributed by atoms with Gasteiger partial charge in [-0.2, -0.15) is 0 Å². The highest BCUT2D eigenvalue weighted by molar-refractivity contribution is 7.89. The molecule has 0 aromatic heterocycles. The number of aliphatic imine (C=N–C) groups is 1. The molecular formula is C21H28N4O2S. The van der Waals surface area contributed by atoms with Crippen LogP contribution >= 0.6 is 0 Å². The van der Waals surface area contributed by atoms with Gasteiger partial charge in [-0.05, 0) is 43.0 Å². The molecule has 2 aromatic carbocycles. The summed E-state index contributed by atoms with van der Waals surface area (Å²) in [6, 6.07) is 17.3. The maximum absolute atomic E-state index is 11.3. The van der Waals surface area contributed by atoms with Gasteiger partial charge in [-0.25, -0.2) is 13.6 Å². The molecule has 150 valence electrons. The van der Waals surface area contributed by atoms with E-state index < -0.39 is 10.0 Å². The van der Waals surface area contributed by atoms with Crippen molar-refractivity contribution in [1.82, 2.24) is 10.2 Å². The number of hydrogen-bond acceptors (Lipinski definition) is 3. The fourth-order valence-electron chi connectivity index (χ4n) is 3.51. The lowest BCUT2D eigenvalue weighted by molar-refractivity contribution is 0.486. The van der Waals surface area contributed by atoms with E-state index in [0.29, 0.717) is 12.5 Å². The SMILES string of the molecule is CCNC(=NCCc1ccc(S(N)(=O)=O)cc1)N1CCC(c2ccccc2)C1. The molecule has 2 aromatic rings. The number of rotatable bonds is 6. The second-order valence-corrected chi connectivity index (χ2v) is 8.58. The first-order valence-electron chi connectivity index (χ1n) is 9.67. The van der Waals surface area contributed by atoms with Crippen LogP contribution < -0.4 is 10.5 Å². The molecule has 0 amide bonds. The van der Waals surface area contributed by atoms with Crippen LogP contribution in [0.1, 0.15) is 30.4 Å². The van der Waals surface area contributed by atoms with Crippen molar-refractivity contribution in [3.63, 3.8) is 0 Å². The van der Waals surface area contributed by atoms with Crippen LogP contribution in [0.4, 0.5) is 0 Å². The van der Waals surface area contributed by atoms with Gasteiger partial charge in [-0.3, -0.25) is 4.99 Å². The zero-order valence-corrected chi connectivity index (χ0v) is 17.0. The van der Waals surface area contributed by atoms with Crippen molar-refractivity contribution < 1.29 is 8.42 Å². The van der Waals surface area contributed by atoms with Crippen molar-refractivity contribution in [2.45, 2.75) is 30.6 Å². The molecule has 1 aliphatic rings. The summed E-state index contributed by atoms with van der Waals surface area (Å²) in [5.74, 6) is 1.48. The Morgan fingerprint density at radius 1 is 1.18 bits per heavy atom. The summed E-state index contributed by atoms with van der Waals surface area (Å²) >= 11 is 0. The molecule has 1 saturated heterocycles. The molecule has 0 spiro atoms. The summed E-state index contributed by atoms with van der Waals surface area (Å²) in [7, 11) is -3.64. The fourth-order valence-corrected chi connectivity index (χ4v) is 4.03. The predicted octanol–water partition coefficient (Wildman–Crippen LogP) is 2.33. The average Bonchev–Trinajstić information content (AvgIpc) is 3.18. The molecule has 28 heavy (non-hydrogen) atoms. The third kappa shape index (κ3) is 5.33. The van der Waals surface area contributed by atoms with E-state index >= 15 is 0 Å². The third-order valence-electron chi connectivity index (χ3n) is 5.01. The van der Waals surface area contributed by atoms with Crippen LogP contribution in [0.25, 0.3) is 0 Å². The Labute approximate surface area is 167 Å². The molecule has 1 aliphatic heterocycles. The van der Waals surface area contributed by atoms with Gasteiger partial charge >= 0.3 is 0 Å². The van der Waals surface area contributed by atoms with Gasteiger partial charge < -0.3 is 10.2 Å². The molecule has 6 nitrogen and oxygen atoms in total. The van der Waals surface area contributed by atoms with Crippen molar-refractivity contribution in [1.29, 1.82) is 0 Å². The summed E-state index contributed by atoms with van der Waals surface area (Å²) in [5, 5.41) is 8.53. The molecule has 3 N–H and O–H groups in total. The Bertz CT molecular complexity index is 896. The van der Waals surface area contributed by atoms with Gasteiger partial charge in [0, 0.05) is 32.1 Å². The number of benzene rings is 2. The fraction of sp³-hybridized carbons (Fsp3) is 0.381. The average molecular weight is 401 g/mol. The Hall–Kier alpha value is -2.38. The number of primary sulfonamides is 1. The second kappa shape index (κ2) is 9.21. The Kier molecular flexibility index (Phi) is 6.70. The van der Waals surface area contributed by atoms with Gasteiger partial charge in [0.2, 0.25) is 10.0 Å². The lowest BCUT2D eigenvalue weighted by atomic mass is 9.99. The van der Waals surface area contributed by atoms with Crippen molar-refractivity contribution >= 4 is 16.0 Å². The van der Waals surface area contributed by atoms with E-state index in [1.807, 2.05) is 0 Å². The molecule has 0 bridgehead atoms. The van der Waals surface area contributed by atoms with E-state index in [2.05, 4.69) is 47.5 Å². The first-order valence-corrected chi connectivity index (χ1v) is 11.2. The zero-order valence-electron chi connectivity index (χ0n) is 16.2. The van der Waals surface area contributed by atoms with Crippen molar-refractivity contribution in [2.24, 2.45) is 10.1 Å². The number of nitrogens with zero attached hydrogens (tertiary/aromatic N) is 2. The molecule has 7 heteroatoms. The number of nitrogens with one attached hydrogen (secondary N) is 1. The Morgan fingerprint density at radius 2 is 1.89 bits per heavy atom. The van der Waals surface area contributed by atoms with Gasteiger partial charge in [0.25, 0.3) is 0 Å². The Balaban J connectivity index is 1.60. The molecular weight excluding hydrogens is 372 g/mol. The number of guanidine groups is 1. The van der Waals surface area contributed by atoms with Crippen molar-refractivity contribution in [3.8, 4) is 0 Å². The number of sulfonamides is 1. The van der Waals surface area contributed by atoms with Crippen molar-refractivity contribution in [3.05, 3.63) is 65.7 Å². The van der Waals surface area contributed by atoms with E-state index in [-0.39, 0.29) is 4.90 Å². The number of hydrogen-bond donors (Lipinski definition) is 2. The van der Waals surface area contributed by atoms with Crippen LogP contribution in [-0.4, -0.2) is 45.5 Å². The molecule has 0 radical (unpaired) electrons. The van der Waals surface area contributed by atoms with Crippen molar-refractivity contribution in [2.75, 3.05) is 26.2 Å². The summed E-state index contributed by atoms with van der Waals surface area (Å²) in [6.07, 6.45) is 1.87. The largest absolute Gasteiger partial charge is 0.357 e. The first kappa shape index (κ1) is 20.4. The molecule has 1 heterocycles. The first-order chi connectivity index (χ1) is 13.5. The maximum Gasteiger partial charge on any atom is 0.238 e. The molecule has 1 fully saturated rings. The monoisotopic (exact) mass is 400 g/mol. The van der Waals surface area contributed by atoms with E-state index in [1.54, 1.807) is 24.3 Å². The molecule has 0 aliphatic carbocycles. The van der Waals surface area contributed by atoms with Gasteiger partial charge in [0.05, 0.1) is 4.90 Å². The minimum Gasteiger partial charge on any atom is -0.357 e. The van der Waals surface area contributed by atoms with E-state index in [1.165, 1.54) is 5.56 Å². The minimum absolute atomic E-state index is 0.136. The second-order valence-electron chi connectivity index (χ2n) is 7.02. The highest BCUT2D eigenvalue weighted by Crippen LogP contribution is 2.26. The predicted molar refractivity (Wildman–Crippen MR) is 113 cm³/mol. The topological polar surface area (TPSA) is 87.8 Å². The standard InChI is InChI=1S/C21H28N4O2S/c1-2-23-21(25-15-13-19(16-25)18-6-4-3-5-7-18)24-14-12-17-8-10-20(11-9-17)28(22,26)27/h3-11,19H,2,12-16H2,1H3,(H,23,24)(H2,22,26,27). The normalized spacial score (nSPS) is 17.7. The summed E-state index contributed by atoms with van der Waals surface area (Å²) < 4.78 is 22.7. The lowest BCUT2D eigenvalue weighted by Crippen LogP contribution is -2.40. The van der Waals surface area contributed by atoms with Gasteiger partial charge in [0.1, 0.15) is 0 Å². The summed E-state index contributed by atoms with van der Waals surface area (Å²) in [5.41, 5.74) is 2.42. The van der Waals surface area contributed by atoms with Crippen LogP contribution in [0.5, 0.6) is 0 Å². The van der Waals surface area contributed by atoms with Crippen LogP contribution in [0, 0.1) is 0 Å². The molecule has 0 saturated carbocycles. The molecule has 1 unspecified atom stereocenters. The van der Waals surface area contributed by atoms with Crippen LogP contribution in [0.15, 0.2) is 64.5 Å². The highest BCUT2D eigenvalue weighted by atomic mass is 32.2. The van der Waals surface area contributed by atoms with Crippen LogP contribution in [0.3, 0.4) is 0 Å². The van der Waals surface area contributed by atoms with E-state index in [0.717, 1.165) is 44.0 Å². The summed E-state index contributed by atoms with van der Waals surface area (Å²) in [6.45, 7) is 5.51. The van der Waals surface area contributed by atoms with Gasteiger partial charge in [-0.15, -0.1) is 0 Å². The van der Waals surface area contributed by atoms with Gasteiger partial charge in [-0.1, -0.05) is 42.5 Å². The molecule has 3 rings (SSSR count). The van der Waals surface area contributed by atoms with E-state index in [9.17, 15) is 8.42 Å². The zero-order chi connectivity index (χ0) is 20.0. The Morgan fingerprint density at radius 3 is 2.54 bits per heavy atom. The maximum atomic E-state index is 11.3. The van der Waals surface area contributed by atoms with E-state index in [4.69, 9.17) is 10.1 Å². The van der Waals surface area contributed by atoms with Crippen LogP contribution in [-0.2, 0) is 16.4 Å². The van der Waals surface area contributed by atoms with Gasteiger partial charge in [0.15, 0.2) is 5.96 Å². The number of nitrogens with two attached hydrogens (primary N) is 1. The lowest BCUT2D eigenvalue weighted by Gasteiger charge is -2.21. The molecule has 1 atom stereocenters. The smallest absolute Gasteiger partial charge is 0.238 e.